The average Bonchev–Trinajstić information content (AvgIpc) is 2.14. The van der Waals surface area contributed by atoms with Gasteiger partial charge in [-0.3, -0.25) is 0 Å². The summed E-state index contributed by atoms with van der Waals surface area (Å²) in [7, 11) is 1.67. The Bertz CT molecular complexity index is 399. The van der Waals surface area contributed by atoms with Crippen LogP contribution in [0.3, 0.4) is 0 Å². The van der Waals surface area contributed by atoms with E-state index in [1.807, 2.05) is 26.8 Å². The summed E-state index contributed by atoms with van der Waals surface area (Å²) < 4.78 is 5.23. The van der Waals surface area contributed by atoms with Gasteiger partial charge in [-0.05, 0) is 32.9 Å². The minimum absolute atomic E-state index is 0.373. The van der Waals surface area contributed by atoms with Crippen LogP contribution in [0.1, 0.15) is 26.5 Å². The van der Waals surface area contributed by atoms with Crippen molar-refractivity contribution in [1.82, 2.24) is 9.88 Å². The molecule has 17 heavy (non-hydrogen) atoms. The predicted molar refractivity (Wildman–Crippen MR) is 66.4 cm³/mol. The summed E-state index contributed by atoms with van der Waals surface area (Å²) >= 11 is 0. The number of carbonyl (C=O) groups is 1. The molecule has 0 saturated carbocycles. The summed E-state index contributed by atoms with van der Waals surface area (Å²) in [6.45, 7) is 5.87. The molecule has 5 nitrogen and oxygen atoms in total. The van der Waals surface area contributed by atoms with Crippen molar-refractivity contribution in [2.45, 2.75) is 32.9 Å². The molecule has 0 spiro atoms. The fraction of sp³-hybridized carbons (Fsp3) is 0.500. The van der Waals surface area contributed by atoms with Crippen molar-refractivity contribution in [2.24, 2.45) is 0 Å². The lowest BCUT2D eigenvalue weighted by molar-refractivity contribution is 0.0283. The number of hydrogen-bond donors (Lipinski definition) is 1. The third-order valence-electron chi connectivity index (χ3n) is 1.93. The van der Waals surface area contributed by atoms with Crippen molar-refractivity contribution in [2.75, 3.05) is 12.8 Å². The Balaban J connectivity index is 2.60. The first-order valence-electron chi connectivity index (χ1n) is 5.43. The van der Waals surface area contributed by atoms with Gasteiger partial charge in [0.25, 0.3) is 0 Å². The molecule has 1 rings (SSSR count). The molecule has 94 valence electrons. The Labute approximate surface area is 102 Å². The van der Waals surface area contributed by atoms with E-state index in [0.717, 1.165) is 5.69 Å². The molecule has 0 aliphatic rings. The van der Waals surface area contributed by atoms with E-state index in [9.17, 15) is 4.79 Å². The predicted octanol–water partition coefficient (Wildman–Crippen LogP) is 2.03. The third-order valence-corrected chi connectivity index (χ3v) is 1.93. The highest BCUT2D eigenvalue weighted by Gasteiger charge is 2.19. The number of anilines is 1. The standard InChI is InChI=1S/C12H19N3O2/c1-12(2,3)17-11(16)15(4)8-9-6-5-7-10(13)14-9/h5-7H,8H2,1-4H3,(H2,13,14). The van der Waals surface area contributed by atoms with Gasteiger partial charge in [0.1, 0.15) is 11.4 Å². The van der Waals surface area contributed by atoms with Crippen LogP contribution in [0.15, 0.2) is 18.2 Å². The molecule has 0 aliphatic carbocycles. The summed E-state index contributed by atoms with van der Waals surface area (Å²) in [5, 5.41) is 0. The van der Waals surface area contributed by atoms with Gasteiger partial charge in [-0.25, -0.2) is 9.78 Å². The van der Waals surface area contributed by atoms with E-state index in [-0.39, 0.29) is 6.09 Å². The van der Waals surface area contributed by atoms with Gasteiger partial charge in [0, 0.05) is 7.05 Å². The maximum atomic E-state index is 11.7. The number of hydrogen-bond acceptors (Lipinski definition) is 4. The zero-order chi connectivity index (χ0) is 13.1. The highest BCUT2D eigenvalue weighted by Crippen LogP contribution is 2.11. The number of nitrogens with two attached hydrogens (primary N) is 1. The largest absolute Gasteiger partial charge is 0.444 e. The van der Waals surface area contributed by atoms with Crippen molar-refractivity contribution in [3.63, 3.8) is 0 Å². The number of aromatic nitrogens is 1. The van der Waals surface area contributed by atoms with Crippen LogP contribution in [-0.2, 0) is 11.3 Å². The van der Waals surface area contributed by atoms with Gasteiger partial charge in [0.2, 0.25) is 0 Å². The Morgan fingerprint density at radius 1 is 1.47 bits per heavy atom. The Kier molecular flexibility index (Phi) is 3.93. The normalized spacial score (nSPS) is 11.1. The van der Waals surface area contributed by atoms with Gasteiger partial charge in [0.05, 0.1) is 12.2 Å². The van der Waals surface area contributed by atoms with Gasteiger partial charge in [-0.2, -0.15) is 0 Å². The number of ether oxygens (including phenoxy) is 1. The van der Waals surface area contributed by atoms with Crippen molar-refractivity contribution >= 4 is 11.9 Å². The Hall–Kier alpha value is -1.78. The number of rotatable bonds is 2. The molecule has 1 aromatic heterocycles. The number of pyridine rings is 1. The van der Waals surface area contributed by atoms with Crippen molar-refractivity contribution in [1.29, 1.82) is 0 Å². The number of carbonyl (C=O) groups excluding carboxylic acids is 1. The fourth-order valence-electron chi connectivity index (χ4n) is 1.23. The topological polar surface area (TPSA) is 68.5 Å². The van der Waals surface area contributed by atoms with Gasteiger partial charge >= 0.3 is 6.09 Å². The summed E-state index contributed by atoms with van der Waals surface area (Å²) in [6, 6.07) is 5.33. The van der Waals surface area contributed by atoms with Crippen molar-refractivity contribution < 1.29 is 9.53 Å². The second-order valence-electron chi connectivity index (χ2n) is 4.89. The molecule has 0 atom stereocenters. The molecule has 0 unspecified atom stereocenters. The lowest BCUT2D eigenvalue weighted by Gasteiger charge is -2.24. The van der Waals surface area contributed by atoms with E-state index in [1.165, 1.54) is 4.90 Å². The van der Waals surface area contributed by atoms with E-state index in [0.29, 0.717) is 12.4 Å². The number of amides is 1. The van der Waals surface area contributed by atoms with Gasteiger partial charge < -0.3 is 15.4 Å². The number of nitrogen functional groups attached to an aromatic ring is 1. The molecule has 2 N–H and O–H groups in total. The average molecular weight is 237 g/mol. The first-order chi connectivity index (χ1) is 7.78. The summed E-state index contributed by atoms with van der Waals surface area (Å²) in [5.41, 5.74) is 5.81. The highest BCUT2D eigenvalue weighted by atomic mass is 16.6. The maximum absolute atomic E-state index is 11.7. The molecule has 0 aromatic carbocycles. The van der Waals surface area contributed by atoms with Crippen molar-refractivity contribution in [3.05, 3.63) is 23.9 Å². The third kappa shape index (κ3) is 4.72. The van der Waals surface area contributed by atoms with Crippen LogP contribution in [0.5, 0.6) is 0 Å². The van der Waals surface area contributed by atoms with Crippen LogP contribution in [-0.4, -0.2) is 28.6 Å². The SMILES string of the molecule is CN(Cc1cccc(N)n1)C(=O)OC(C)(C)C. The van der Waals surface area contributed by atoms with E-state index in [2.05, 4.69) is 4.98 Å². The lowest BCUT2D eigenvalue weighted by Crippen LogP contribution is -2.34. The van der Waals surface area contributed by atoms with Gasteiger partial charge in [-0.15, -0.1) is 0 Å². The monoisotopic (exact) mass is 237 g/mol. The first-order valence-corrected chi connectivity index (χ1v) is 5.43. The van der Waals surface area contributed by atoms with Crippen LogP contribution in [0.25, 0.3) is 0 Å². The van der Waals surface area contributed by atoms with Crippen LogP contribution in [0.2, 0.25) is 0 Å². The lowest BCUT2D eigenvalue weighted by atomic mass is 10.2. The molecule has 5 heteroatoms. The highest BCUT2D eigenvalue weighted by molar-refractivity contribution is 5.67. The molecule has 0 bridgehead atoms. The Morgan fingerprint density at radius 3 is 2.65 bits per heavy atom. The molecule has 1 heterocycles. The summed E-state index contributed by atoms with van der Waals surface area (Å²) in [5.74, 6) is 0.445. The zero-order valence-corrected chi connectivity index (χ0v) is 10.7. The molecular weight excluding hydrogens is 218 g/mol. The molecule has 0 radical (unpaired) electrons. The zero-order valence-electron chi connectivity index (χ0n) is 10.7. The number of nitrogens with zero attached hydrogens (tertiary/aromatic N) is 2. The van der Waals surface area contributed by atoms with Crippen molar-refractivity contribution in [3.8, 4) is 0 Å². The molecule has 1 amide bonds. The van der Waals surface area contributed by atoms with Crippen LogP contribution in [0, 0.1) is 0 Å². The van der Waals surface area contributed by atoms with E-state index >= 15 is 0 Å². The summed E-state index contributed by atoms with van der Waals surface area (Å²) in [4.78, 5) is 17.3. The summed E-state index contributed by atoms with van der Waals surface area (Å²) in [6.07, 6.45) is -0.373. The maximum Gasteiger partial charge on any atom is 0.410 e. The second-order valence-corrected chi connectivity index (χ2v) is 4.89. The molecular formula is C12H19N3O2. The quantitative estimate of drug-likeness (QED) is 0.854. The van der Waals surface area contributed by atoms with E-state index in [4.69, 9.17) is 10.5 Å². The minimum atomic E-state index is -0.492. The van der Waals surface area contributed by atoms with Crippen LogP contribution < -0.4 is 5.73 Å². The second kappa shape index (κ2) is 5.03. The Morgan fingerprint density at radius 2 is 2.12 bits per heavy atom. The molecule has 0 fully saturated rings. The van der Waals surface area contributed by atoms with E-state index in [1.54, 1.807) is 19.2 Å². The smallest absolute Gasteiger partial charge is 0.410 e. The van der Waals surface area contributed by atoms with Gasteiger partial charge in [-0.1, -0.05) is 6.07 Å². The van der Waals surface area contributed by atoms with Crippen LogP contribution in [0.4, 0.5) is 10.6 Å². The molecule has 0 saturated heterocycles. The van der Waals surface area contributed by atoms with Gasteiger partial charge in [0.15, 0.2) is 0 Å². The van der Waals surface area contributed by atoms with Crippen LogP contribution >= 0.6 is 0 Å². The minimum Gasteiger partial charge on any atom is -0.444 e. The molecule has 1 aromatic rings. The fourth-order valence-corrected chi connectivity index (χ4v) is 1.23. The first kappa shape index (κ1) is 13.3. The van der Waals surface area contributed by atoms with E-state index < -0.39 is 5.60 Å². The molecule has 0 aliphatic heterocycles.